The number of halogens is 3. The van der Waals surface area contributed by atoms with Crippen LogP contribution in [0.2, 0.25) is 0 Å². The monoisotopic (exact) mass is 407 g/mol. The summed E-state index contributed by atoms with van der Waals surface area (Å²) in [5.74, 6) is -0.799. The number of carbonyl (C=O) groups excluding carboxylic acids is 1. The van der Waals surface area contributed by atoms with Gasteiger partial charge in [-0.25, -0.2) is 0 Å². The number of aryl methyl sites for hydroxylation is 1. The molecule has 3 rings (SSSR count). The summed E-state index contributed by atoms with van der Waals surface area (Å²) in [6.07, 6.45) is -4.04. The van der Waals surface area contributed by atoms with E-state index in [1.807, 2.05) is 34.6 Å². The van der Waals surface area contributed by atoms with Crippen molar-refractivity contribution >= 4 is 24.2 Å². The van der Waals surface area contributed by atoms with E-state index in [9.17, 15) is 18.0 Å². The Morgan fingerprint density at radius 1 is 1.10 bits per heavy atom. The number of nitrogens with zero attached hydrogens (tertiary/aromatic N) is 2. The number of nitrogens with one attached hydrogen (secondary N) is 1. The van der Waals surface area contributed by atoms with E-state index in [1.165, 1.54) is 0 Å². The molecule has 1 saturated heterocycles. The molecule has 10 heteroatoms. The summed E-state index contributed by atoms with van der Waals surface area (Å²) in [4.78, 5) is 12.4. The molecule has 1 aromatic heterocycles. The van der Waals surface area contributed by atoms with Crippen LogP contribution in [-0.4, -0.2) is 34.4 Å². The first-order valence-electron chi connectivity index (χ1n) is 8.98. The summed E-state index contributed by atoms with van der Waals surface area (Å²) in [5.41, 5.74) is -0.549. The van der Waals surface area contributed by atoms with Crippen LogP contribution in [-0.2, 0) is 15.5 Å². The highest BCUT2D eigenvalue weighted by Crippen LogP contribution is 2.37. The molecule has 1 amide bonds. The Kier molecular flexibility index (Phi) is 5.21. The van der Waals surface area contributed by atoms with Crippen LogP contribution in [0.1, 0.15) is 49.3 Å². The highest BCUT2D eigenvalue weighted by Gasteiger charge is 2.52. The number of carbonyl (C=O) groups is 1. The third kappa shape index (κ3) is 4.28. The van der Waals surface area contributed by atoms with Gasteiger partial charge in [0.15, 0.2) is 5.69 Å². The number of amides is 1. The largest absolute Gasteiger partial charge is 0.495 e. The van der Waals surface area contributed by atoms with Gasteiger partial charge < -0.3 is 14.6 Å². The average molecular weight is 407 g/mol. The van der Waals surface area contributed by atoms with Crippen molar-refractivity contribution in [3.63, 3.8) is 0 Å². The molecule has 0 atom stereocenters. The van der Waals surface area contributed by atoms with E-state index in [0.29, 0.717) is 18.0 Å². The summed E-state index contributed by atoms with van der Waals surface area (Å²) in [5, 5.41) is 9.31. The molecule has 0 radical (unpaired) electrons. The molecule has 1 aliphatic heterocycles. The minimum absolute atomic E-state index is 0.379. The maximum Gasteiger partial charge on any atom is 0.495 e. The molecule has 154 valence electrons. The van der Waals surface area contributed by atoms with Gasteiger partial charge in [-0.1, -0.05) is 11.6 Å². The van der Waals surface area contributed by atoms with Gasteiger partial charge in [0.25, 0.3) is 5.91 Å². The van der Waals surface area contributed by atoms with Crippen LogP contribution < -0.4 is 10.8 Å². The number of hydrogen-bond donors (Lipinski definition) is 1. The first-order chi connectivity index (χ1) is 13.3. The van der Waals surface area contributed by atoms with E-state index in [2.05, 4.69) is 15.5 Å². The molecule has 0 saturated carbocycles. The number of alkyl halides is 3. The molecule has 2 aromatic rings. The van der Waals surface area contributed by atoms with Gasteiger partial charge in [-0.05, 0) is 58.3 Å². The van der Waals surface area contributed by atoms with Crippen LogP contribution >= 0.6 is 0 Å². The average Bonchev–Trinajstić information content (AvgIpc) is 2.83. The van der Waals surface area contributed by atoms with Gasteiger partial charge in [0.1, 0.15) is 0 Å². The van der Waals surface area contributed by atoms with Gasteiger partial charge >= 0.3 is 13.3 Å². The smallest absolute Gasteiger partial charge is 0.399 e. The summed E-state index contributed by atoms with van der Waals surface area (Å²) >= 11 is 0. The minimum Gasteiger partial charge on any atom is -0.399 e. The third-order valence-corrected chi connectivity index (χ3v) is 5.26. The molecule has 0 unspecified atom stereocenters. The summed E-state index contributed by atoms with van der Waals surface area (Å²) < 4.78 is 50.6. The zero-order chi connectivity index (χ0) is 21.6. The number of hydrogen-bond acceptors (Lipinski definition) is 5. The molecule has 6 nitrogen and oxygen atoms in total. The minimum atomic E-state index is -4.61. The van der Waals surface area contributed by atoms with Gasteiger partial charge in [0.05, 0.1) is 23.0 Å². The van der Waals surface area contributed by atoms with Crippen molar-refractivity contribution in [3.8, 4) is 0 Å². The molecule has 0 bridgehead atoms. The fourth-order valence-electron chi connectivity index (χ4n) is 2.77. The molecular formula is C19H21BF3N3O3. The highest BCUT2D eigenvalue weighted by atomic mass is 19.4. The molecule has 29 heavy (non-hydrogen) atoms. The van der Waals surface area contributed by atoms with Crippen LogP contribution in [0, 0.1) is 6.92 Å². The van der Waals surface area contributed by atoms with Crippen molar-refractivity contribution in [1.29, 1.82) is 0 Å². The Morgan fingerprint density at radius 3 is 2.31 bits per heavy atom. The maximum atomic E-state index is 12.8. The molecule has 0 spiro atoms. The van der Waals surface area contributed by atoms with Crippen LogP contribution in [0.4, 0.5) is 18.9 Å². The Balaban J connectivity index is 1.83. The van der Waals surface area contributed by atoms with Crippen molar-refractivity contribution in [3.05, 3.63) is 47.3 Å². The predicted molar refractivity (Wildman–Crippen MR) is 102 cm³/mol. The van der Waals surface area contributed by atoms with Crippen LogP contribution in [0.15, 0.2) is 30.5 Å². The summed E-state index contributed by atoms with van der Waals surface area (Å²) in [7, 11) is -0.634. The molecule has 1 aliphatic rings. The first-order valence-corrected chi connectivity index (χ1v) is 8.98. The van der Waals surface area contributed by atoms with Crippen molar-refractivity contribution in [2.45, 2.75) is 52.0 Å². The van der Waals surface area contributed by atoms with Gasteiger partial charge in [0.2, 0.25) is 0 Å². The van der Waals surface area contributed by atoms with E-state index >= 15 is 0 Å². The molecule has 2 heterocycles. The van der Waals surface area contributed by atoms with E-state index in [1.54, 1.807) is 18.2 Å². The van der Waals surface area contributed by atoms with E-state index < -0.39 is 41.7 Å². The fourth-order valence-corrected chi connectivity index (χ4v) is 2.77. The SMILES string of the molecule is Cc1ccc(NC(=O)c2cc(C(F)(F)F)cnn2)cc1B1OC(C)(C)C(C)(C)O1. The Labute approximate surface area is 167 Å². The lowest BCUT2D eigenvalue weighted by atomic mass is 9.76. The second kappa shape index (κ2) is 7.10. The number of aromatic nitrogens is 2. The molecule has 1 aromatic carbocycles. The van der Waals surface area contributed by atoms with E-state index in [4.69, 9.17) is 9.31 Å². The quantitative estimate of drug-likeness (QED) is 0.791. The second-order valence-electron chi connectivity index (χ2n) is 7.94. The van der Waals surface area contributed by atoms with Crippen LogP contribution in [0.3, 0.4) is 0 Å². The van der Waals surface area contributed by atoms with Gasteiger partial charge in [-0.2, -0.15) is 18.3 Å². The van der Waals surface area contributed by atoms with Gasteiger partial charge in [-0.15, -0.1) is 5.10 Å². The van der Waals surface area contributed by atoms with Crippen molar-refractivity contribution in [1.82, 2.24) is 10.2 Å². The van der Waals surface area contributed by atoms with Crippen molar-refractivity contribution < 1.29 is 27.3 Å². The van der Waals surface area contributed by atoms with Crippen molar-refractivity contribution in [2.24, 2.45) is 0 Å². The lowest BCUT2D eigenvalue weighted by Gasteiger charge is -2.32. The molecule has 0 aliphatic carbocycles. The maximum absolute atomic E-state index is 12.8. The van der Waals surface area contributed by atoms with E-state index in [0.717, 1.165) is 11.0 Å². The number of anilines is 1. The molecule has 1 fully saturated rings. The van der Waals surface area contributed by atoms with Crippen LogP contribution in [0.25, 0.3) is 0 Å². The zero-order valence-corrected chi connectivity index (χ0v) is 16.7. The number of rotatable bonds is 3. The highest BCUT2D eigenvalue weighted by molar-refractivity contribution is 6.62. The van der Waals surface area contributed by atoms with Crippen molar-refractivity contribution in [2.75, 3.05) is 5.32 Å². The Hall–Kier alpha value is -2.46. The van der Waals surface area contributed by atoms with Gasteiger partial charge in [-0.3, -0.25) is 4.79 Å². The van der Waals surface area contributed by atoms with Crippen LogP contribution in [0.5, 0.6) is 0 Å². The lowest BCUT2D eigenvalue weighted by molar-refractivity contribution is -0.137. The third-order valence-electron chi connectivity index (χ3n) is 5.26. The standard InChI is InChI=1S/C19H21BF3N3O3/c1-11-6-7-13(9-14(11)20-28-17(2,3)18(4,5)29-20)25-16(27)15-8-12(10-24-26-15)19(21,22)23/h6-10H,1-5H3,(H,25,27). The lowest BCUT2D eigenvalue weighted by Crippen LogP contribution is -2.41. The molecule has 1 N–H and O–H groups in total. The Morgan fingerprint density at radius 2 is 1.72 bits per heavy atom. The first kappa shape index (κ1) is 21.3. The molecular weight excluding hydrogens is 386 g/mol. The van der Waals surface area contributed by atoms with E-state index in [-0.39, 0.29) is 0 Å². The second-order valence-corrected chi connectivity index (χ2v) is 7.94. The fraction of sp³-hybridized carbons (Fsp3) is 0.421. The normalized spacial score (nSPS) is 18.0. The Bertz CT molecular complexity index is 932. The topological polar surface area (TPSA) is 73.3 Å². The summed E-state index contributed by atoms with van der Waals surface area (Å²) in [6.45, 7) is 9.60. The summed E-state index contributed by atoms with van der Waals surface area (Å²) in [6, 6.07) is 5.75. The number of benzene rings is 1. The van der Waals surface area contributed by atoms with Gasteiger partial charge in [0, 0.05) is 5.69 Å². The predicted octanol–water partition coefficient (Wildman–Crippen LogP) is 3.36. The zero-order valence-electron chi connectivity index (χ0n) is 16.7.